The first-order valence-electron chi connectivity index (χ1n) is 6.00. The van der Waals surface area contributed by atoms with Crippen molar-refractivity contribution in [3.05, 3.63) is 71.3 Å². The van der Waals surface area contributed by atoms with Crippen molar-refractivity contribution < 1.29 is 4.79 Å². The van der Waals surface area contributed by atoms with Crippen LogP contribution in [-0.2, 0) is 6.32 Å². The van der Waals surface area contributed by atoms with E-state index < -0.39 is 0 Å². The predicted octanol–water partition coefficient (Wildman–Crippen LogP) is 2.90. The minimum absolute atomic E-state index is 0.0913. The Morgan fingerprint density at radius 2 is 1.53 bits per heavy atom. The highest BCUT2D eigenvalue weighted by Crippen LogP contribution is 2.11. The second-order valence-electron chi connectivity index (χ2n) is 4.14. The molecule has 2 aromatic carbocycles. The number of ketones is 1. The third kappa shape index (κ3) is 2.85. The molecule has 0 unspecified atom stereocenters. The topological polar surface area (TPSA) is 17.1 Å². The zero-order chi connectivity index (χ0) is 12.1. The monoisotopic (exact) mass is 222 g/mol. The van der Waals surface area contributed by atoms with Crippen molar-refractivity contribution in [1.82, 2.24) is 0 Å². The van der Waals surface area contributed by atoms with Gasteiger partial charge in [-0.15, -0.1) is 0 Å². The first-order valence-corrected chi connectivity index (χ1v) is 6.00. The summed E-state index contributed by atoms with van der Waals surface area (Å²) in [6.45, 7) is 2.16. The van der Waals surface area contributed by atoms with Gasteiger partial charge in [0.1, 0.15) is 7.28 Å². The van der Waals surface area contributed by atoms with E-state index in [2.05, 4.69) is 6.82 Å². The number of carbonyl (C=O) groups is 1. The molecule has 2 rings (SSSR count). The van der Waals surface area contributed by atoms with Crippen LogP contribution < -0.4 is 0 Å². The summed E-state index contributed by atoms with van der Waals surface area (Å²) in [5, 5.41) is 0. The van der Waals surface area contributed by atoms with Crippen LogP contribution >= 0.6 is 0 Å². The summed E-state index contributed by atoms with van der Waals surface area (Å²) in [5.74, 6) is 0.0913. The van der Waals surface area contributed by atoms with Gasteiger partial charge in [0.2, 0.25) is 0 Å². The summed E-state index contributed by atoms with van der Waals surface area (Å²) in [7, 11) is 1.13. The highest BCUT2D eigenvalue weighted by Gasteiger charge is 2.07. The van der Waals surface area contributed by atoms with Crippen LogP contribution in [0.25, 0.3) is 0 Å². The number of hydrogen-bond acceptors (Lipinski definition) is 1. The van der Waals surface area contributed by atoms with Crippen LogP contribution in [-0.4, -0.2) is 13.1 Å². The van der Waals surface area contributed by atoms with Gasteiger partial charge in [0.25, 0.3) is 0 Å². The molecule has 0 heterocycles. The van der Waals surface area contributed by atoms with Gasteiger partial charge in [-0.25, -0.2) is 0 Å². The van der Waals surface area contributed by atoms with Gasteiger partial charge < -0.3 is 0 Å². The second-order valence-corrected chi connectivity index (χ2v) is 4.14. The Morgan fingerprint density at radius 1 is 0.941 bits per heavy atom. The van der Waals surface area contributed by atoms with Gasteiger partial charge in [-0.2, -0.15) is 0 Å². The van der Waals surface area contributed by atoms with Crippen molar-refractivity contribution in [2.75, 3.05) is 0 Å². The molecule has 2 aromatic rings. The standard InChI is InChI=1S/C15H15BO/c1-16-11-12-7-9-14(10-8-12)15(17)13-5-3-2-4-6-13/h2-10,16H,11H2,1H3. The van der Waals surface area contributed by atoms with Crippen LogP contribution in [0.15, 0.2) is 54.6 Å². The van der Waals surface area contributed by atoms with Gasteiger partial charge in [0.05, 0.1) is 0 Å². The molecule has 0 saturated heterocycles. The Bertz CT molecular complexity index is 488. The van der Waals surface area contributed by atoms with Crippen molar-refractivity contribution in [3.63, 3.8) is 0 Å². The normalized spacial score (nSPS) is 9.94. The molecule has 0 amide bonds. The van der Waals surface area contributed by atoms with Crippen molar-refractivity contribution >= 4 is 13.1 Å². The van der Waals surface area contributed by atoms with Crippen LogP contribution in [0.5, 0.6) is 0 Å². The van der Waals surface area contributed by atoms with Gasteiger partial charge >= 0.3 is 0 Å². The second kappa shape index (κ2) is 5.49. The van der Waals surface area contributed by atoms with Crippen LogP contribution in [0.4, 0.5) is 0 Å². The summed E-state index contributed by atoms with van der Waals surface area (Å²) in [5.41, 5.74) is 2.80. The maximum Gasteiger partial charge on any atom is 0.193 e. The maximum absolute atomic E-state index is 12.1. The van der Waals surface area contributed by atoms with E-state index in [4.69, 9.17) is 0 Å². The Kier molecular flexibility index (Phi) is 3.76. The van der Waals surface area contributed by atoms with E-state index in [-0.39, 0.29) is 5.78 Å². The molecule has 1 nitrogen and oxygen atoms in total. The van der Waals surface area contributed by atoms with Crippen molar-refractivity contribution in [2.24, 2.45) is 0 Å². The Balaban J connectivity index is 2.20. The molecule has 0 spiro atoms. The zero-order valence-electron chi connectivity index (χ0n) is 10.0. The summed E-state index contributed by atoms with van der Waals surface area (Å²) in [6, 6.07) is 17.3. The third-order valence-corrected chi connectivity index (χ3v) is 2.79. The van der Waals surface area contributed by atoms with E-state index in [1.807, 2.05) is 54.6 Å². The Hall–Kier alpha value is -1.83. The molecule has 0 aliphatic heterocycles. The molecule has 0 fully saturated rings. The average Bonchev–Trinajstić information content (AvgIpc) is 2.40. The predicted molar refractivity (Wildman–Crippen MR) is 73.0 cm³/mol. The lowest BCUT2D eigenvalue weighted by Gasteiger charge is -2.02. The highest BCUT2D eigenvalue weighted by atomic mass is 16.1. The number of hydrogen-bond donors (Lipinski definition) is 0. The molecule has 17 heavy (non-hydrogen) atoms. The fraction of sp³-hybridized carbons (Fsp3) is 0.133. The Labute approximate surface area is 103 Å². The first-order chi connectivity index (χ1) is 8.31. The molecule has 0 aliphatic carbocycles. The lowest BCUT2D eigenvalue weighted by atomic mass is 9.75. The summed E-state index contributed by atoms with van der Waals surface area (Å²) < 4.78 is 0. The van der Waals surface area contributed by atoms with E-state index in [1.165, 1.54) is 5.56 Å². The van der Waals surface area contributed by atoms with Crippen molar-refractivity contribution in [3.8, 4) is 0 Å². The number of benzene rings is 2. The minimum Gasteiger partial charge on any atom is -0.289 e. The average molecular weight is 222 g/mol. The zero-order valence-corrected chi connectivity index (χ0v) is 10.0. The van der Waals surface area contributed by atoms with E-state index in [0.717, 1.165) is 24.7 Å². The van der Waals surface area contributed by atoms with E-state index >= 15 is 0 Å². The largest absolute Gasteiger partial charge is 0.289 e. The molecule has 84 valence electrons. The van der Waals surface area contributed by atoms with Crippen molar-refractivity contribution in [1.29, 1.82) is 0 Å². The molecule has 0 bridgehead atoms. The molecular formula is C15H15BO. The van der Waals surface area contributed by atoms with E-state index in [0.29, 0.717) is 0 Å². The number of rotatable bonds is 4. The smallest absolute Gasteiger partial charge is 0.193 e. The van der Waals surface area contributed by atoms with E-state index in [9.17, 15) is 4.79 Å². The molecule has 0 aromatic heterocycles. The highest BCUT2D eigenvalue weighted by molar-refractivity contribution is 6.32. The van der Waals surface area contributed by atoms with Gasteiger partial charge in [-0.05, 0) is 0 Å². The van der Waals surface area contributed by atoms with Gasteiger partial charge in [-0.1, -0.05) is 73.3 Å². The molecule has 0 aliphatic rings. The molecular weight excluding hydrogens is 207 g/mol. The molecule has 0 radical (unpaired) electrons. The number of carbonyl (C=O) groups excluding carboxylic acids is 1. The van der Waals surface area contributed by atoms with Crippen molar-refractivity contribution in [2.45, 2.75) is 13.1 Å². The van der Waals surface area contributed by atoms with Gasteiger partial charge in [0, 0.05) is 11.1 Å². The molecule has 2 heteroatoms. The van der Waals surface area contributed by atoms with Crippen LogP contribution in [0.1, 0.15) is 21.5 Å². The van der Waals surface area contributed by atoms with E-state index in [1.54, 1.807) is 0 Å². The summed E-state index contributed by atoms with van der Waals surface area (Å²) in [4.78, 5) is 12.1. The molecule has 0 atom stereocenters. The molecule has 0 saturated carbocycles. The first kappa shape index (κ1) is 11.7. The summed E-state index contributed by atoms with van der Waals surface area (Å²) >= 11 is 0. The maximum atomic E-state index is 12.1. The van der Waals surface area contributed by atoms with Gasteiger partial charge in [-0.3, -0.25) is 4.79 Å². The SMILES string of the molecule is CBCc1ccc(C(=O)c2ccccc2)cc1. The van der Waals surface area contributed by atoms with Crippen LogP contribution in [0.3, 0.4) is 0 Å². The lowest BCUT2D eigenvalue weighted by Crippen LogP contribution is -2.01. The fourth-order valence-electron chi connectivity index (χ4n) is 1.87. The minimum atomic E-state index is 0.0913. The van der Waals surface area contributed by atoms with Crippen LogP contribution in [0, 0.1) is 0 Å². The Morgan fingerprint density at radius 3 is 2.12 bits per heavy atom. The lowest BCUT2D eigenvalue weighted by molar-refractivity contribution is 0.103. The third-order valence-electron chi connectivity index (χ3n) is 2.79. The molecule has 0 N–H and O–H groups in total. The quantitative estimate of drug-likeness (QED) is 0.574. The van der Waals surface area contributed by atoms with Gasteiger partial charge in [0.15, 0.2) is 5.78 Å². The van der Waals surface area contributed by atoms with Crippen LogP contribution in [0.2, 0.25) is 6.82 Å². The fourth-order valence-corrected chi connectivity index (χ4v) is 1.87. The summed E-state index contributed by atoms with van der Waals surface area (Å²) in [6.07, 6.45) is 1.07.